The lowest BCUT2D eigenvalue weighted by Gasteiger charge is -2.36. The monoisotopic (exact) mass is 444 g/mol. The second kappa shape index (κ2) is 11.3. The third-order valence-corrected chi connectivity index (χ3v) is 8.32. The molecule has 4 rings (SSSR count). The number of hydrogen-bond acceptors (Lipinski definition) is 3. The van der Waals surface area contributed by atoms with E-state index in [2.05, 4.69) is 49.1 Å². The second-order valence-electron chi connectivity index (χ2n) is 10.4. The fourth-order valence-corrected chi connectivity index (χ4v) is 6.47. The Morgan fingerprint density at radius 1 is 0.939 bits per heavy atom. The molecule has 0 aromatic heterocycles. The fourth-order valence-electron chi connectivity index (χ4n) is 6.47. The highest BCUT2D eigenvalue weighted by Gasteiger charge is 2.32. The van der Waals surface area contributed by atoms with Crippen LogP contribution in [0.3, 0.4) is 0 Å². The number of likely N-dealkylation sites (tertiary alicyclic amines) is 1. The number of aliphatic hydroxyl groups excluding tert-OH is 1. The molecule has 2 unspecified atom stereocenters. The Labute approximate surface area is 200 Å². The predicted octanol–water partition coefficient (Wildman–Crippen LogP) is 6.47. The van der Waals surface area contributed by atoms with Crippen LogP contribution in [0.25, 0.3) is 0 Å². The molecule has 2 aliphatic rings. The van der Waals surface area contributed by atoms with Gasteiger partial charge >= 0.3 is 0 Å². The largest absolute Gasteiger partial charge is 0.392 e. The van der Waals surface area contributed by atoms with Crippen LogP contribution in [-0.4, -0.2) is 35.7 Å². The lowest BCUT2D eigenvalue weighted by molar-refractivity contribution is 0.0526. The summed E-state index contributed by atoms with van der Waals surface area (Å²) < 4.78 is 0. The maximum absolute atomic E-state index is 11.5. The summed E-state index contributed by atoms with van der Waals surface area (Å²) in [5, 5.41) is 21.2. The maximum atomic E-state index is 11.5. The molecule has 176 valence electrons. The molecular weight excluding hydrogens is 404 g/mol. The van der Waals surface area contributed by atoms with Gasteiger partial charge in [-0.3, -0.25) is 0 Å². The van der Waals surface area contributed by atoms with Crippen LogP contribution >= 0.6 is 0 Å². The van der Waals surface area contributed by atoms with Crippen molar-refractivity contribution in [1.29, 1.82) is 5.26 Å². The maximum Gasteiger partial charge on any atom is 0.0994 e. The van der Waals surface area contributed by atoms with Gasteiger partial charge in [0.1, 0.15) is 0 Å². The van der Waals surface area contributed by atoms with Crippen molar-refractivity contribution in [3.05, 3.63) is 70.3 Å². The minimum atomic E-state index is -0.355. The van der Waals surface area contributed by atoms with E-state index in [0.717, 1.165) is 50.0 Å². The highest BCUT2D eigenvalue weighted by molar-refractivity contribution is 5.40. The number of piperidine rings is 1. The summed E-state index contributed by atoms with van der Waals surface area (Å²) in [6.45, 7) is 7.72. The molecule has 0 spiro atoms. The lowest BCUT2D eigenvalue weighted by atomic mass is 9.76. The van der Waals surface area contributed by atoms with E-state index in [4.69, 9.17) is 0 Å². The van der Waals surface area contributed by atoms with Crippen molar-refractivity contribution < 1.29 is 5.11 Å². The van der Waals surface area contributed by atoms with Crippen LogP contribution in [0.5, 0.6) is 0 Å². The van der Waals surface area contributed by atoms with Crippen molar-refractivity contribution in [2.24, 2.45) is 5.92 Å². The van der Waals surface area contributed by atoms with Crippen molar-refractivity contribution >= 4 is 0 Å². The van der Waals surface area contributed by atoms with E-state index in [9.17, 15) is 10.4 Å². The molecular formula is C30H40N2O. The topological polar surface area (TPSA) is 47.3 Å². The van der Waals surface area contributed by atoms with Crippen LogP contribution in [0, 0.1) is 31.1 Å². The van der Waals surface area contributed by atoms with Gasteiger partial charge in [0.15, 0.2) is 0 Å². The smallest absolute Gasteiger partial charge is 0.0994 e. The van der Waals surface area contributed by atoms with E-state index >= 15 is 0 Å². The zero-order valence-electron chi connectivity index (χ0n) is 20.5. The molecule has 1 aliphatic heterocycles. The number of nitriles is 1. The van der Waals surface area contributed by atoms with Gasteiger partial charge in [-0.2, -0.15) is 5.26 Å². The molecule has 1 N–H and O–H groups in total. The number of aliphatic hydroxyl groups is 1. The Morgan fingerprint density at radius 2 is 1.61 bits per heavy atom. The van der Waals surface area contributed by atoms with E-state index in [1.54, 1.807) is 5.56 Å². The Morgan fingerprint density at radius 3 is 2.27 bits per heavy atom. The van der Waals surface area contributed by atoms with Gasteiger partial charge in [-0.05, 0) is 106 Å². The van der Waals surface area contributed by atoms with Crippen LogP contribution in [0.1, 0.15) is 91.0 Å². The summed E-state index contributed by atoms with van der Waals surface area (Å²) in [5.41, 5.74) is 6.19. The first-order chi connectivity index (χ1) is 16.1. The van der Waals surface area contributed by atoms with Crippen molar-refractivity contribution in [3.8, 4) is 6.07 Å². The molecule has 2 aromatic carbocycles. The zero-order valence-corrected chi connectivity index (χ0v) is 20.5. The lowest BCUT2D eigenvalue weighted by Crippen LogP contribution is -2.37. The van der Waals surface area contributed by atoms with Crippen LogP contribution in [0.15, 0.2) is 42.5 Å². The van der Waals surface area contributed by atoms with Gasteiger partial charge in [0.2, 0.25) is 0 Å². The second-order valence-corrected chi connectivity index (χ2v) is 10.4. The molecule has 2 fully saturated rings. The summed E-state index contributed by atoms with van der Waals surface area (Å²) in [4.78, 5) is 2.58. The van der Waals surface area contributed by atoms with E-state index in [1.165, 1.54) is 43.2 Å². The number of rotatable bonds is 7. The van der Waals surface area contributed by atoms with Crippen LogP contribution in [-0.2, 0) is 0 Å². The first-order valence-corrected chi connectivity index (χ1v) is 13.0. The molecule has 1 saturated carbocycles. The predicted molar refractivity (Wildman–Crippen MR) is 135 cm³/mol. The average Bonchev–Trinajstić information content (AvgIpc) is 2.85. The third-order valence-electron chi connectivity index (χ3n) is 8.32. The third kappa shape index (κ3) is 5.68. The van der Waals surface area contributed by atoms with Gasteiger partial charge in [0.05, 0.1) is 17.7 Å². The summed E-state index contributed by atoms with van der Waals surface area (Å²) in [5.74, 6) is 1.07. The van der Waals surface area contributed by atoms with Crippen molar-refractivity contribution in [3.63, 3.8) is 0 Å². The summed E-state index contributed by atoms with van der Waals surface area (Å²) >= 11 is 0. The summed E-state index contributed by atoms with van der Waals surface area (Å²) in [6, 6.07) is 17.0. The molecule has 1 aliphatic carbocycles. The summed E-state index contributed by atoms with van der Waals surface area (Å²) in [7, 11) is 0. The highest BCUT2D eigenvalue weighted by Crippen LogP contribution is 2.37. The van der Waals surface area contributed by atoms with Gasteiger partial charge in [-0.25, -0.2) is 0 Å². The van der Waals surface area contributed by atoms with Gasteiger partial charge in [0, 0.05) is 5.92 Å². The molecule has 3 heteroatoms. The molecule has 2 aromatic rings. The Bertz CT molecular complexity index is 928. The van der Waals surface area contributed by atoms with Crippen LogP contribution < -0.4 is 0 Å². The number of hydrogen-bond donors (Lipinski definition) is 1. The first-order valence-electron chi connectivity index (χ1n) is 13.0. The van der Waals surface area contributed by atoms with Gasteiger partial charge in [-0.15, -0.1) is 0 Å². The first kappa shape index (κ1) is 24.0. The SMILES string of the molecule is Cc1cccc(C)c1C1CCN(CCC(c2ccccc2C#N)C(O)C2CCCCC2)CC1. The summed E-state index contributed by atoms with van der Waals surface area (Å²) in [6.07, 6.45) is 8.95. The van der Waals surface area contributed by atoms with E-state index in [-0.39, 0.29) is 12.0 Å². The molecule has 3 nitrogen and oxygen atoms in total. The molecule has 0 bridgehead atoms. The minimum absolute atomic E-state index is 0.0419. The Balaban J connectivity index is 1.42. The zero-order chi connectivity index (χ0) is 23.2. The van der Waals surface area contributed by atoms with Crippen LogP contribution in [0.4, 0.5) is 0 Å². The molecule has 1 saturated heterocycles. The van der Waals surface area contributed by atoms with Crippen molar-refractivity contribution in [2.75, 3.05) is 19.6 Å². The molecule has 0 radical (unpaired) electrons. The van der Waals surface area contributed by atoms with E-state index in [0.29, 0.717) is 11.8 Å². The van der Waals surface area contributed by atoms with Crippen LogP contribution in [0.2, 0.25) is 0 Å². The quantitative estimate of drug-likeness (QED) is 0.532. The molecule has 0 amide bonds. The average molecular weight is 445 g/mol. The number of nitrogens with zero attached hydrogens (tertiary/aromatic N) is 2. The standard InChI is InChI=1S/C30H40N2O/c1-22-9-8-10-23(2)29(22)24-15-18-32(19-16-24)20-17-28(27-14-7-6-13-26(27)21-31)30(33)25-11-4-3-5-12-25/h6-10,13-14,24-25,28,30,33H,3-5,11-12,15-20H2,1-2H3. The van der Waals surface area contributed by atoms with E-state index in [1.807, 2.05) is 18.2 Å². The molecule has 33 heavy (non-hydrogen) atoms. The number of benzene rings is 2. The Hall–Kier alpha value is -2.15. The molecule has 2 atom stereocenters. The van der Waals surface area contributed by atoms with Crippen molar-refractivity contribution in [1.82, 2.24) is 4.90 Å². The van der Waals surface area contributed by atoms with Gasteiger partial charge in [-0.1, -0.05) is 55.7 Å². The van der Waals surface area contributed by atoms with E-state index < -0.39 is 0 Å². The minimum Gasteiger partial charge on any atom is -0.392 e. The highest BCUT2D eigenvalue weighted by atomic mass is 16.3. The number of aryl methyl sites for hydroxylation is 2. The Kier molecular flexibility index (Phi) is 8.23. The van der Waals surface area contributed by atoms with Gasteiger partial charge < -0.3 is 10.0 Å². The van der Waals surface area contributed by atoms with Gasteiger partial charge in [0.25, 0.3) is 0 Å². The molecule has 1 heterocycles. The normalized spacial score (nSPS) is 20.3. The fraction of sp³-hybridized carbons (Fsp3) is 0.567. The van der Waals surface area contributed by atoms with Crippen molar-refractivity contribution in [2.45, 2.75) is 83.2 Å².